The minimum absolute atomic E-state index is 0.118. The third-order valence-corrected chi connectivity index (χ3v) is 12.9. The third-order valence-electron chi connectivity index (χ3n) is 11.9. The Hall–Kier alpha value is -6.79. The number of amides is 5. The minimum Gasteiger partial charge on any atom is -0.480 e. The maximum absolute atomic E-state index is 13.9. The quantitative estimate of drug-likeness (QED) is 0.0433. The molecule has 23 heteroatoms. The highest BCUT2D eigenvalue weighted by molar-refractivity contribution is 7.17. The van der Waals surface area contributed by atoms with Crippen LogP contribution in [0.5, 0.6) is 0 Å². The fraction of sp³-hybridized carbons (Fsp3) is 0.490. The summed E-state index contributed by atoms with van der Waals surface area (Å²) in [5.41, 5.74) is 2.30. The normalized spacial score (nSPS) is 15.3. The van der Waals surface area contributed by atoms with Crippen molar-refractivity contribution in [3.63, 3.8) is 0 Å². The number of hydrogen-bond donors (Lipinski definition) is 8. The van der Waals surface area contributed by atoms with Crippen LogP contribution >= 0.6 is 11.3 Å². The molecule has 2 atom stereocenters. The van der Waals surface area contributed by atoms with Gasteiger partial charge in [0.15, 0.2) is 11.5 Å². The summed E-state index contributed by atoms with van der Waals surface area (Å²) in [4.78, 5) is 109. The van der Waals surface area contributed by atoms with Crippen molar-refractivity contribution in [1.29, 1.82) is 0 Å². The number of carbonyl (C=O) groups excluding carboxylic acids is 5. The van der Waals surface area contributed by atoms with Gasteiger partial charge in [0.25, 0.3) is 11.8 Å². The SMILES string of the molecule is CCCNC(=O)C(Cc1csc2ccccc12)NC(=O)c1cc(CNC(=O)C(CCCCNC(=O)c2ccc(C)cc2)NC(=O)CN2CCN(CC(=O)O)CCN(CC(=O)O)CCN(CC(=O)O)CC2)on1. The number of hydrogen-bond acceptors (Lipinski definition) is 15. The standard InChI is InChI=1S/C49H66N10O12S/c1-3-15-50-48(69)39(25-35-32-72-41-10-5-4-8-37(35)41)54-49(70)40-26-36(71-55-40)27-52-47(68)38(9-6-7-16-51-46(67)34-13-11-33(2)12-14-34)53-42(60)28-56-17-19-57(29-43(61)62)21-23-59(31-45(65)66)24-22-58(20-18-56)30-44(63)64/h4-5,8,10-14,26,32,38-39H,3,6-7,9,15-25,27-31H2,1-2H3,(H,50,69)(H,51,67)(H,52,68)(H,53,60)(H,54,70)(H,61,62)(H,63,64)(H,65,66). The zero-order valence-electron chi connectivity index (χ0n) is 40.7. The van der Waals surface area contributed by atoms with Gasteiger partial charge in [0, 0.05) is 88.2 Å². The van der Waals surface area contributed by atoms with E-state index in [-0.39, 0.29) is 121 Å². The first-order valence-corrected chi connectivity index (χ1v) is 24.9. The molecular formula is C49H66N10O12S. The lowest BCUT2D eigenvalue weighted by Crippen LogP contribution is -2.52. The minimum atomic E-state index is -1.09. The van der Waals surface area contributed by atoms with Gasteiger partial charge in [0.1, 0.15) is 12.1 Å². The van der Waals surface area contributed by atoms with E-state index in [0.717, 1.165) is 21.2 Å². The predicted molar refractivity (Wildman–Crippen MR) is 266 cm³/mol. The summed E-state index contributed by atoms with van der Waals surface area (Å²) in [5.74, 6) is -5.51. The van der Waals surface area contributed by atoms with Crippen molar-refractivity contribution in [2.45, 2.75) is 64.6 Å². The molecule has 1 aliphatic rings. The highest BCUT2D eigenvalue weighted by Crippen LogP contribution is 2.27. The van der Waals surface area contributed by atoms with Gasteiger partial charge in [-0.3, -0.25) is 58.0 Å². The molecule has 2 aromatic heterocycles. The number of aryl methyl sites for hydroxylation is 1. The van der Waals surface area contributed by atoms with E-state index >= 15 is 0 Å². The molecule has 0 radical (unpaired) electrons. The number of nitrogens with zero attached hydrogens (tertiary/aromatic N) is 5. The number of nitrogens with one attached hydrogen (secondary N) is 5. The van der Waals surface area contributed by atoms with Crippen molar-refractivity contribution in [3.8, 4) is 0 Å². The molecule has 0 bridgehead atoms. The van der Waals surface area contributed by atoms with Gasteiger partial charge in [-0.25, -0.2) is 0 Å². The van der Waals surface area contributed by atoms with E-state index in [1.165, 1.54) is 6.07 Å². The van der Waals surface area contributed by atoms with E-state index in [1.807, 2.05) is 55.6 Å². The van der Waals surface area contributed by atoms with Crippen LogP contribution in [0.15, 0.2) is 64.5 Å². The average Bonchev–Trinajstić information content (AvgIpc) is 4.00. The maximum Gasteiger partial charge on any atom is 0.317 e. The van der Waals surface area contributed by atoms with Crippen LogP contribution in [-0.4, -0.2) is 191 Å². The number of carboxylic acid groups (broad SMARTS) is 3. The van der Waals surface area contributed by atoms with Crippen molar-refractivity contribution in [2.75, 3.05) is 91.6 Å². The van der Waals surface area contributed by atoms with E-state index in [2.05, 4.69) is 31.7 Å². The fourth-order valence-electron chi connectivity index (χ4n) is 8.00. The molecule has 0 aliphatic carbocycles. The highest BCUT2D eigenvalue weighted by atomic mass is 32.1. The number of benzene rings is 2. The van der Waals surface area contributed by atoms with Crippen LogP contribution in [0.2, 0.25) is 0 Å². The first-order chi connectivity index (χ1) is 34.6. The van der Waals surface area contributed by atoms with Gasteiger partial charge >= 0.3 is 17.9 Å². The van der Waals surface area contributed by atoms with Crippen LogP contribution in [0.3, 0.4) is 0 Å². The van der Waals surface area contributed by atoms with Gasteiger partial charge < -0.3 is 46.4 Å². The number of rotatable bonds is 25. The molecule has 2 unspecified atom stereocenters. The molecule has 3 heterocycles. The number of unbranched alkanes of at least 4 members (excludes halogenated alkanes) is 1. The van der Waals surface area contributed by atoms with Gasteiger partial charge in [-0.05, 0) is 67.1 Å². The Bertz CT molecular complexity index is 2430. The molecule has 5 amide bonds. The van der Waals surface area contributed by atoms with E-state index in [4.69, 9.17) is 4.52 Å². The van der Waals surface area contributed by atoms with Crippen LogP contribution in [0.1, 0.15) is 70.3 Å². The molecule has 22 nitrogen and oxygen atoms in total. The van der Waals surface area contributed by atoms with Gasteiger partial charge in [0.2, 0.25) is 17.7 Å². The molecule has 2 aromatic carbocycles. The summed E-state index contributed by atoms with van der Waals surface area (Å²) < 4.78 is 6.47. The number of carboxylic acids is 3. The molecule has 8 N–H and O–H groups in total. The molecule has 5 rings (SSSR count). The second-order valence-corrected chi connectivity index (χ2v) is 18.6. The average molecular weight is 1020 g/mol. The van der Waals surface area contributed by atoms with Crippen LogP contribution in [0, 0.1) is 6.92 Å². The number of thiophene rings is 1. The Morgan fingerprint density at radius 1 is 0.667 bits per heavy atom. The van der Waals surface area contributed by atoms with Crippen molar-refractivity contribution in [3.05, 3.63) is 88.1 Å². The lowest BCUT2D eigenvalue weighted by atomic mass is 10.0. The van der Waals surface area contributed by atoms with Crippen LogP contribution < -0.4 is 26.6 Å². The summed E-state index contributed by atoms with van der Waals surface area (Å²) >= 11 is 1.54. The molecule has 4 aromatic rings. The van der Waals surface area contributed by atoms with Crippen molar-refractivity contribution < 1.29 is 58.2 Å². The summed E-state index contributed by atoms with van der Waals surface area (Å²) in [6.07, 6.45) is 1.97. The van der Waals surface area contributed by atoms with Gasteiger partial charge in [0.05, 0.1) is 32.7 Å². The van der Waals surface area contributed by atoms with Crippen LogP contribution in [0.4, 0.5) is 0 Å². The summed E-state index contributed by atoms with van der Waals surface area (Å²) in [6.45, 7) is 4.72. The van der Waals surface area contributed by atoms with Gasteiger partial charge in [-0.2, -0.15) is 0 Å². The molecule has 0 spiro atoms. The molecule has 72 heavy (non-hydrogen) atoms. The smallest absolute Gasteiger partial charge is 0.317 e. The predicted octanol–water partition coefficient (Wildman–Crippen LogP) is 1.24. The first kappa shape index (κ1) is 56.1. The molecule has 0 saturated carbocycles. The second-order valence-electron chi connectivity index (χ2n) is 17.7. The fourth-order valence-corrected chi connectivity index (χ4v) is 8.98. The van der Waals surface area contributed by atoms with E-state index in [0.29, 0.717) is 37.9 Å². The zero-order valence-corrected chi connectivity index (χ0v) is 41.5. The molecule has 1 saturated heterocycles. The Kier molecular flexibility index (Phi) is 22.5. The molecule has 390 valence electrons. The first-order valence-electron chi connectivity index (χ1n) is 24.0. The summed E-state index contributed by atoms with van der Waals surface area (Å²) in [5, 5.41) is 49.7. The molecule has 1 fully saturated rings. The Labute approximate surface area is 421 Å². The number of carbonyl (C=O) groups is 8. The summed E-state index contributed by atoms with van der Waals surface area (Å²) in [7, 11) is 0. The number of aliphatic carboxylic acids is 3. The van der Waals surface area contributed by atoms with Crippen molar-refractivity contribution in [1.82, 2.24) is 51.3 Å². The van der Waals surface area contributed by atoms with E-state index < -0.39 is 47.7 Å². The van der Waals surface area contributed by atoms with E-state index in [1.54, 1.807) is 43.1 Å². The third kappa shape index (κ3) is 19.1. The zero-order chi connectivity index (χ0) is 52.0. The topological polar surface area (TPSA) is 296 Å². The number of aromatic nitrogens is 1. The summed E-state index contributed by atoms with van der Waals surface area (Å²) in [6, 6.07) is 14.3. The monoisotopic (exact) mass is 1020 g/mol. The Balaban J connectivity index is 1.25. The van der Waals surface area contributed by atoms with Crippen LogP contribution in [0.25, 0.3) is 10.1 Å². The largest absolute Gasteiger partial charge is 0.480 e. The lowest BCUT2D eigenvalue weighted by molar-refractivity contribution is -0.140. The van der Waals surface area contributed by atoms with Crippen LogP contribution in [-0.2, 0) is 41.7 Å². The van der Waals surface area contributed by atoms with E-state index in [9.17, 15) is 53.7 Å². The lowest BCUT2D eigenvalue weighted by Gasteiger charge is -2.33. The van der Waals surface area contributed by atoms with Gasteiger partial charge in [-0.1, -0.05) is 48.0 Å². The van der Waals surface area contributed by atoms with Gasteiger partial charge in [-0.15, -0.1) is 11.3 Å². The highest BCUT2D eigenvalue weighted by Gasteiger charge is 2.27. The maximum atomic E-state index is 13.9. The van der Waals surface area contributed by atoms with Crippen molar-refractivity contribution in [2.24, 2.45) is 0 Å². The molecule has 1 aliphatic heterocycles. The van der Waals surface area contributed by atoms with Crippen molar-refractivity contribution >= 4 is 68.9 Å². The Morgan fingerprint density at radius 2 is 1.24 bits per heavy atom. The molecular weight excluding hydrogens is 953 g/mol. The second kappa shape index (κ2) is 28.9. The Morgan fingerprint density at radius 3 is 1.82 bits per heavy atom. The number of fused-ring (bicyclic) bond motifs is 1.